The van der Waals surface area contributed by atoms with Gasteiger partial charge in [-0.1, -0.05) is 59.8 Å². The highest BCUT2D eigenvalue weighted by Gasteiger charge is 2.17. The standard InChI is InChI=1S/C23H23ClN6OS/c1-14-8-9-17(24)12-18(14)30-21(25)20-15(2)28-29-22(20)27-23(30)32-13-19(31)26-11-10-16-6-4-3-5-7-16/h3-9,12,25H,10-11,13H2,1-2H3,(H,26,31)(H,28,29). The van der Waals surface area contributed by atoms with Crippen molar-refractivity contribution in [2.24, 2.45) is 0 Å². The highest BCUT2D eigenvalue weighted by molar-refractivity contribution is 7.99. The van der Waals surface area contributed by atoms with Crippen molar-refractivity contribution in [2.45, 2.75) is 25.4 Å². The van der Waals surface area contributed by atoms with Gasteiger partial charge in [-0.15, -0.1) is 0 Å². The van der Waals surface area contributed by atoms with E-state index in [1.165, 1.54) is 17.3 Å². The lowest BCUT2D eigenvalue weighted by atomic mass is 10.1. The van der Waals surface area contributed by atoms with E-state index < -0.39 is 0 Å². The largest absolute Gasteiger partial charge is 0.355 e. The second-order valence-corrected chi connectivity index (χ2v) is 8.81. The van der Waals surface area contributed by atoms with Crippen LogP contribution in [0.25, 0.3) is 16.7 Å². The van der Waals surface area contributed by atoms with Gasteiger partial charge in [-0.05, 0) is 43.5 Å². The zero-order chi connectivity index (χ0) is 22.7. The predicted molar refractivity (Wildman–Crippen MR) is 127 cm³/mol. The average molecular weight is 467 g/mol. The normalized spacial score (nSPS) is 11.1. The number of nitrogens with zero attached hydrogens (tertiary/aromatic N) is 3. The first kappa shape index (κ1) is 22.1. The summed E-state index contributed by atoms with van der Waals surface area (Å²) in [5.74, 6) is 0.0855. The maximum atomic E-state index is 12.5. The number of fused-ring (bicyclic) bond motifs is 1. The molecular formula is C23H23ClN6OS. The molecule has 0 aliphatic heterocycles. The molecule has 0 atom stereocenters. The van der Waals surface area contributed by atoms with Gasteiger partial charge in [-0.2, -0.15) is 5.10 Å². The van der Waals surface area contributed by atoms with E-state index in [2.05, 4.69) is 20.5 Å². The van der Waals surface area contributed by atoms with Crippen molar-refractivity contribution in [1.82, 2.24) is 25.1 Å². The minimum Gasteiger partial charge on any atom is -0.355 e. The number of carbonyl (C=O) groups is 1. The molecule has 0 fully saturated rings. The Morgan fingerprint density at radius 3 is 2.78 bits per heavy atom. The summed E-state index contributed by atoms with van der Waals surface area (Å²) in [6, 6.07) is 15.5. The number of nitrogens with one attached hydrogen (secondary N) is 3. The van der Waals surface area contributed by atoms with Crippen LogP contribution >= 0.6 is 23.4 Å². The Labute approximate surface area is 194 Å². The van der Waals surface area contributed by atoms with Gasteiger partial charge in [0.25, 0.3) is 0 Å². The number of thioether (sulfide) groups is 1. The predicted octanol–water partition coefficient (Wildman–Crippen LogP) is 3.95. The van der Waals surface area contributed by atoms with Crippen molar-refractivity contribution < 1.29 is 4.79 Å². The number of amides is 1. The molecule has 0 radical (unpaired) electrons. The van der Waals surface area contributed by atoms with Crippen LogP contribution in [0.5, 0.6) is 0 Å². The van der Waals surface area contributed by atoms with Gasteiger partial charge >= 0.3 is 0 Å². The maximum Gasteiger partial charge on any atom is 0.230 e. The quantitative estimate of drug-likeness (QED) is 0.283. The SMILES string of the molecule is Cc1ccc(Cl)cc1-n1c(SCC(=O)NCCc2ccccc2)nc2n[nH]c(C)c2c1=N. The lowest BCUT2D eigenvalue weighted by Gasteiger charge is -2.16. The molecule has 32 heavy (non-hydrogen) atoms. The first-order valence-corrected chi connectivity index (χ1v) is 11.5. The Morgan fingerprint density at radius 2 is 2.00 bits per heavy atom. The second kappa shape index (κ2) is 9.58. The van der Waals surface area contributed by atoms with Crippen LogP contribution in [0.4, 0.5) is 0 Å². The van der Waals surface area contributed by atoms with Gasteiger partial charge in [-0.25, -0.2) is 4.98 Å². The van der Waals surface area contributed by atoms with Crippen molar-refractivity contribution in [3.8, 4) is 5.69 Å². The smallest absolute Gasteiger partial charge is 0.230 e. The summed E-state index contributed by atoms with van der Waals surface area (Å²) < 4.78 is 1.73. The van der Waals surface area contributed by atoms with E-state index in [4.69, 9.17) is 17.0 Å². The van der Waals surface area contributed by atoms with Crippen LogP contribution < -0.4 is 10.8 Å². The van der Waals surface area contributed by atoms with Gasteiger partial charge in [0.05, 0.1) is 16.8 Å². The molecule has 2 heterocycles. The molecule has 164 valence electrons. The van der Waals surface area contributed by atoms with E-state index in [9.17, 15) is 4.79 Å². The molecule has 3 N–H and O–H groups in total. The van der Waals surface area contributed by atoms with Gasteiger partial charge in [0.15, 0.2) is 10.8 Å². The molecule has 2 aromatic heterocycles. The number of benzene rings is 2. The van der Waals surface area contributed by atoms with E-state index in [0.29, 0.717) is 27.8 Å². The summed E-state index contributed by atoms with van der Waals surface area (Å²) in [6.45, 7) is 4.37. The van der Waals surface area contributed by atoms with Gasteiger partial charge < -0.3 is 5.32 Å². The van der Waals surface area contributed by atoms with Gasteiger partial charge in [0.1, 0.15) is 5.49 Å². The Balaban J connectivity index is 1.58. The fraction of sp³-hybridized carbons (Fsp3) is 0.217. The monoisotopic (exact) mass is 466 g/mol. The third-order valence-corrected chi connectivity index (χ3v) is 6.28. The van der Waals surface area contributed by atoms with Crippen LogP contribution in [-0.4, -0.2) is 38.0 Å². The fourth-order valence-corrected chi connectivity index (χ4v) is 4.44. The number of carbonyl (C=O) groups excluding carboxylic acids is 1. The molecule has 7 nitrogen and oxygen atoms in total. The highest BCUT2D eigenvalue weighted by Crippen LogP contribution is 2.25. The zero-order valence-corrected chi connectivity index (χ0v) is 19.3. The number of H-pyrrole nitrogens is 1. The number of aromatic amines is 1. The molecule has 0 aliphatic carbocycles. The average Bonchev–Trinajstić information content (AvgIpc) is 3.16. The number of hydrogen-bond acceptors (Lipinski definition) is 5. The van der Waals surface area contributed by atoms with Gasteiger partial charge in [0, 0.05) is 17.3 Å². The third kappa shape index (κ3) is 4.71. The molecule has 0 spiro atoms. The maximum absolute atomic E-state index is 12.5. The molecule has 0 bridgehead atoms. The van der Waals surface area contributed by atoms with Gasteiger partial charge in [0.2, 0.25) is 5.91 Å². The first-order valence-electron chi connectivity index (χ1n) is 10.2. The summed E-state index contributed by atoms with van der Waals surface area (Å²) in [6.07, 6.45) is 0.770. The molecule has 0 saturated heterocycles. The van der Waals surface area contributed by atoms with E-state index in [-0.39, 0.29) is 17.1 Å². The lowest BCUT2D eigenvalue weighted by Crippen LogP contribution is -2.28. The third-order valence-electron chi connectivity index (χ3n) is 5.10. The molecule has 0 aliphatic rings. The van der Waals surface area contributed by atoms with Crippen LogP contribution in [-0.2, 0) is 11.2 Å². The molecule has 1 amide bonds. The van der Waals surface area contributed by atoms with E-state index >= 15 is 0 Å². The number of halogens is 1. The number of rotatable bonds is 7. The van der Waals surface area contributed by atoms with Crippen LogP contribution in [0.2, 0.25) is 5.02 Å². The summed E-state index contributed by atoms with van der Waals surface area (Å²) >= 11 is 7.52. The zero-order valence-electron chi connectivity index (χ0n) is 17.8. The molecule has 2 aromatic carbocycles. The van der Waals surface area contributed by atoms with E-state index in [1.54, 1.807) is 4.57 Å². The summed E-state index contributed by atoms with van der Waals surface area (Å²) in [5.41, 5.74) is 4.35. The molecule has 9 heteroatoms. The number of aryl methyl sites for hydroxylation is 2. The van der Waals surface area contributed by atoms with E-state index in [1.807, 2.05) is 62.4 Å². The summed E-state index contributed by atoms with van der Waals surface area (Å²) in [5, 5.41) is 20.6. The van der Waals surface area contributed by atoms with Gasteiger partial charge in [-0.3, -0.25) is 19.9 Å². The van der Waals surface area contributed by atoms with Crippen LogP contribution in [0.3, 0.4) is 0 Å². The van der Waals surface area contributed by atoms with Crippen LogP contribution in [0.1, 0.15) is 16.8 Å². The van der Waals surface area contributed by atoms with E-state index in [0.717, 1.165) is 23.4 Å². The summed E-state index contributed by atoms with van der Waals surface area (Å²) in [4.78, 5) is 17.1. The lowest BCUT2D eigenvalue weighted by molar-refractivity contribution is -0.118. The molecule has 0 unspecified atom stereocenters. The number of hydrogen-bond donors (Lipinski definition) is 3. The minimum atomic E-state index is -0.0908. The number of aromatic nitrogens is 4. The molecular weight excluding hydrogens is 444 g/mol. The second-order valence-electron chi connectivity index (χ2n) is 7.43. The summed E-state index contributed by atoms with van der Waals surface area (Å²) in [7, 11) is 0. The minimum absolute atomic E-state index is 0.0908. The topological polar surface area (TPSA) is 99.4 Å². The van der Waals surface area contributed by atoms with Crippen molar-refractivity contribution in [1.29, 1.82) is 5.41 Å². The molecule has 4 rings (SSSR count). The van der Waals surface area contributed by atoms with Crippen molar-refractivity contribution in [3.63, 3.8) is 0 Å². The van der Waals surface area contributed by atoms with Crippen molar-refractivity contribution >= 4 is 40.3 Å². The molecule has 4 aromatic rings. The van der Waals surface area contributed by atoms with Crippen molar-refractivity contribution in [3.05, 3.63) is 75.9 Å². The fourth-order valence-electron chi connectivity index (χ4n) is 3.44. The highest BCUT2D eigenvalue weighted by atomic mass is 35.5. The Bertz CT molecular complexity index is 1330. The Kier molecular flexibility index (Phi) is 6.62. The Hall–Kier alpha value is -3.10. The van der Waals surface area contributed by atoms with Crippen LogP contribution in [0.15, 0.2) is 53.7 Å². The molecule has 0 saturated carbocycles. The Morgan fingerprint density at radius 1 is 1.22 bits per heavy atom. The van der Waals surface area contributed by atoms with Crippen molar-refractivity contribution in [2.75, 3.05) is 12.3 Å². The first-order chi connectivity index (χ1) is 15.4. The van der Waals surface area contributed by atoms with Crippen LogP contribution in [0, 0.1) is 19.3 Å².